The van der Waals surface area contributed by atoms with Gasteiger partial charge in [0.05, 0.1) is 0 Å². The smallest absolute Gasteiger partial charge is 0.243 e. The van der Waals surface area contributed by atoms with Crippen molar-refractivity contribution in [3.63, 3.8) is 0 Å². The Kier molecular flexibility index (Phi) is 3.35. The van der Waals surface area contributed by atoms with E-state index in [9.17, 15) is 13.2 Å². The molecule has 2 aliphatic rings. The Morgan fingerprint density at radius 2 is 1.71 bits per heavy atom. The summed E-state index contributed by atoms with van der Waals surface area (Å²) in [4.78, 5) is 13.0. The molecule has 0 bridgehead atoms. The summed E-state index contributed by atoms with van der Waals surface area (Å²) >= 11 is 0. The van der Waals surface area contributed by atoms with E-state index in [2.05, 4.69) is 0 Å². The van der Waals surface area contributed by atoms with Gasteiger partial charge in [0, 0.05) is 5.69 Å². The van der Waals surface area contributed by atoms with Gasteiger partial charge in [0.2, 0.25) is 5.91 Å². The van der Waals surface area contributed by atoms with E-state index in [0.717, 1.165) is 36.1 Å². The molecule has 0 N–H and O–H groups in total. The quantitative estimate of drug-likeness (QED) is 0.801. The van der Waals surface area contributed by atoms with Gasteiger partial charge >= 0.3 is 0 Å². The van der Waals surface area contributed by atoms with Crippen molar-refractivity contribution in [2.45, 2.75) is 50.8 Å². The number of anilines is 1. The van der Waals surface area contributed by atoms with Gasteiger partial charge in [0.1, 0.15) is 10.6 Å². The molecule has 1 aromatic rings. The molecule has 0 radical (unpaired) electrons. The van der Waals surface area contributed by atoms with Crippen LogP contribution >= 0.6 is 0 Å². The van der Waals surface area contributed by atoms with Crippen molar-refractivity contribution in [1.82, 2.24) is 0 Å². The predicted octanol–water partition coefficient (Wildman–Crippen LogP) is 2.73. The normalized spacial score (nSPS) is 23.7. The first kappa shape index (κ1) is 14.6. The van der Waals surface area contributed by atoms with Crippen LogP contribution in [0, 0.1) is 13.8 Å². The van der Waals surface area contributed by atoms with Gasteiger partial charge < -0.3 is 0 Å². The van der Waals surface area contributed by atoms with Crippen LogP contribution in [0.15, 0.2) is 18.2 Å². The van der Waals surface area contributed by atoms with Crippen LogP contribution in [0.3, 0.4) is 0 Å². The highest BCUT2D eigenvalue weighted by Crippen LogP contribution is 2.45. The van der Waals surface area contributed by atoms with Crippen molar-refractivity contribution in [1.29, 1.82) is 0 Å². The number of sulfone groups is 1. The molecular formula is C16H21NO3S. The number of nitrogens with zero attached hydrogens (tertiary/aromatic N) is 1. The van der Waals surface area contributed by atoms with E-state index in [1.54, 1.807) is 4.90 Å². The monoisotopic (exact) mass is 307 g/mol. The summed E-state index contributed by atoms with van der Waals surface area (Å²) in [5.74, 6) is -0.625. The Labute approximate surface area is 126 Å². The van der Waals surface area contributed by atoms with Crippen molar-refractivity contribution in [3.05, 3.63) is 29.3 Å². The van der Waals surface area contributed by atoms with Gasteiger partial charge in [-0.15, -0.1) is 0 Å². The summed E-state index contributed by atoms with van der Waals surface area (Å²) in [6.07, 6.45) is 3.91. The third-order valence-corrected chi connectivity index (χ3v) is 7.31. The molecule has 21 heavy (non-hydrogen) atoms. The molecule has 1 saturated heterocycles. The number of benzene rings is 1. The van der Waals surface area contributed by atoms with Crippen LogP contribution in [0.1, 0.15) is 43.2 Å². The van der Waals surface area contributed by atoms with Gasteiger partial charge in [0.15, 0.2) is 9.84 Å². The van der Waals surface area contributed by atoms with Crippen molar-refractivity contribution in [3.8, 4) is 0 Å². The summed E-state index contributed by atoms with van der Waals surface area (Å²) in [6.45, 7) is 4.00. The minimum Gasteiger partial charge on any atom is -0.291 e. The van der Waals surface area contributed by atoms with E-state index in [0.29, 0.717) is 12.8 Å². The maximum absolute atomic E-state index is 12.6. The number of rotatable bonds is 1. The molecule has 1 aromatic carbocycles. The lowest BCUT2D eigenvalue weighted by molar-refractivity contribution is -0.116. The molecule has 0 atom stereocenters. The molecule has 114 valence electrons. The number of carbonyl (C=O) groups is 1. The maximum Gasteiger partial charge on any atom is 0.243 e. The average Bonchev–Trinajstić information content (AvgIpc) is 2.61. The van der Waals surface area contributed by atoms with Gasteiger partial charge in [-0.25, -0.2) is 8.42 Å². The lowest BCUT2D eigenvalue weighted by atomic mass is 9.92. The Bertz CT molecular complexity index is 687. The van der Waals surface area contributed by atoms with E-state index >= 15 is 0 Å². The van der Waals surface area contributed by atoms with Crippen LogP contribution in [-0.4, -0.2) is 24.9 Å². The van der Waals surface area contributed by atoms with Crippen molar-refractivity contribution >= 4 is 21.4 Å². The van der Waals surface area contributed by atoms with Crippen LogP contribution in [0.4, 0.5) is 5.69 Å². The second-order valence-corrected chi connectivity index (χ2v) is 8.54. The van der Waals surface area contributed by atoms with Gasteiger partial charge in [-0.3, -0.25) is 9.69 Å². The third kappa shape index (κ3) is 2.09. The summed E-state index contributed by atoms with van der Waals surface area (Å²) in [7, 11) is -3.40. The van der Waals surface area contributed by atoms with Gasteiger partial charge in [-0.2, -0.15) is 0 Å². The Morgan fingerprint density at radius 3 is 2.33 bits per heavy atom. The topological polar surface area (TPSA) is 54.5 Å². The highest BCUT2D eigenvalue weighted by atomic mass is 32.2. The molecule has 0 unspecified atom stereocenters. The van der Waals surface area contributed by atoms with Crippen molar-refractivity contribution in [2.75, 3.05) is 10.7 Å². The van der Waals surface area contributed by atoms with Gasteiger partial charge in [0.25, 0.3) is 0 Å². The maximum atomic E-state index is 12.6. The molecule has 1 aliphatic carbocycles. The van der Waals surface area contributed by atoms with Crippen LogP contribution in [-0.2, 0) is 14.6 Å². The van der Waals surface area contributed by atoms with E-state index in [1.165, 1.54) is 0 Å². The van der Waals surface area contributed by atoms with Crippen molar-refractivity contribution in [2.24, 2.45) is 0 Å². The lowest BCUT2D eigenvalue weighted by Gasteiger charge is -2.39. The molecule has 1 amide bonds. The van der Waals surface area contributed by atoms with E-state index < -0.39 is 14.7 Å². The Balaban J connectivity index is 2.14. The van der Waals surface area contributed by atoms with Crippen LogP contribution in [0.2, 0.25) is 0 Å². The Hall–Kier alpha value is -1.36. The zero-order valence-corrected chi connectivity index (χ0v) is 13.4. The lowest BCUT2D eigenvalue weighted by Crippen LogP contribution is -2.51. The molecule has 1 saturated carbocycles. The SMILES string of the molecule is Cc1ccc(N2C(=O)CS(=O)(=O)C23CCCCC3)cc1C. The van der Waals surface area contributed by atoms with Gasteiger partial charge in [-0.05, 0) is 49.9 Å². The molecule has 1 aliphatic heterocycles. The number of amides is 1. The first-order valence-corrected chi connectivity index (χ1v) is 9.15. The summed E-state index contributed by atoms with van der Waals surface area (Å²) in [5, 5.41) is 0. The highest BCUT2D eigenvalue weighted by molar-refractivity contribution is 7.94. The minimum absolute atomic E-state index is 0.278. The fourth-order valence-electron chi connectivity index (χ4n) is 3.61. The second kappa shape index (κ2) is 4.83. The van der Waals surface area contributed by atoms with E-state index in [-0.39, 0.29) is 11.7 Å². The van der Waals surface area contributed by atoms with Crippen molar-refractivity contribution < 1.29 is 13.2 Å². The first-order chi connectivity index (χ1) is 9.87. The number of carbonyl (C=O) groups excluding carboxylic acids is 1. The van der Waals surface area contributed by atoms with E-state index in [4.69, 9.17) is 0 Å². The molecule has 0 aromatic heterocycles. The fraction of sp³-hybridized carbons (Fsp3) is 0.562. The Morgan fingerprint density at radius 1 is 1.05 bits per heavy atom. The summed E-state index contributed by atoms with van der Waals surface area (Å²) in [5.41, 5.74) is 2.95. The summed E-state index contributed by atoms with van der Waals surface area (Å²) in [6, 6.07) is 5.77. The largest absolute Gasteiger partial charge is 0.291 e. The zero-order chi connectivity index (χ0) is 15.3. The van der Waals surface area contributed by atoms with Crippen LogP contribution in [0.5, 0.6) is 0 Å². The molecule has 2 fully saturated rings. The molecule has 3 rings (SSSR count). The molecular weight excluding hydrogens is 286 g/mol. The van der Waals surface area contributed by atoms with E-state index in [1.807, 2.05) is 32.0 Å². The molecule has 4 nitrogen and oxygen atoms in total. The average molecular weight is 307 g/mol. The number of aryl methyl sites for hydroxylation is 2. The second-order valence-electron chi connectivity index (χ2n) is 6.26. The summed E-state index contributed by atoms with van der Waals surface area (Å²) < 4.78 is 25.2. The highest BCUT2D eigenvalue weighted by Gasteiger charge is 2.57. The minimum atomic E-state index is -3.40. The predicted molar refractivity (Wildman–Crippen MR) is 83.0 cm³/mol. The van der Waals surface area contributed by atoms with Gasteiger partial charge in [-0.1, -0.05) is 25.3 Å². The number of hydrogen-bond acceptors (Lipinski definition) is 3. The molecule has 1 heterocycles. The number of hydrogen-bond donors (Lipinski definition) is 0. The zero-order valence-electron chi connectivity index (χ0n) is 12.6. The third-order valence-electron chi connectivity index (χ3n) is 4.93. The standard InChI is InChI=1S/C16H21NO3S/c1-12-6-7-14(10-13(12)2)17-15(18)11-21(19,20)16(17)8-4-3-5-9-16/h6-7,10H,3-5,8-9,11H2,1-2H3. The fourth-order valence-corrected chi connectivity index (χ4v) is 5.73. The van der Waals surface area contributed by atoms with Crippen LogP contribution < -0.4 is 4.90 Å². The molecule has 1 spiro atoms. The molecule has 5 heteroatoms. The first-order valence-electron chi connectivity index (χ1n) is 7.50. The van der Waals surface area contributed by atoms with Crippen LogP contribution in [0.25, 0.3) is 0 Å².